The number of H-pyrrole nitrogens is 1. The summed E-state index contributed by atoms with van der Waals surface area (Å²) < 4.78 is 2.51. The number of aromatic amines is 1. The molecule has 2 aliphatic rings. The Labute approximate surface area is 234 Å². The number of benzene rings is 6. The summed E-state index contributed by atoms with van der Waals surface area (Å²) in [6, 6.07) is 47.5. The van der Waals surface area contributed by atoms with E-state index < -0.39 is 5.41 Å². The molecule has 40 heavy (non-hydrogen) atoms. The van der Waals surface area contributed by atoms with Gasteiger partial charge >= 0.3 is 0 Å². The van der Waals surface area contributed by atoms with Crippen molar-refractivity contribution in [1.29, 1.82) is 0 Å². The molecule has 0 amide bonds. The van der Waals surface area contributed by atoms with Crippen LogP contribution in [-0.2, 0) is 5.41 Å². The Bertz CT molecular complexity index is 2370. The van der Waals surface area contributed by atoms with Crippen molar-refractivity contribution in [2.45, 2.75) is 15.2 Å². The van der Waals surface area contributed by atoms with Crippen molar-refractivity contribution in [3.63, 3.8) is 0 Å². The minimum absolute atomic E-state index is 0.440. The highest BCUT2D eigenvalue weighted by Crippen LogP contribution is 2.61. The van der Waals surface area contributed by atoms with Crippen LogP contribution in [0.15, 0.2) is 137 Å². The van der Waals surface area contributed by atoms with Crippen LogP contribution in [0.3, 0.4) is 0 Å². The molecule has 1 spiro atoms. The SMILES string of the molecule is c1ccc2c(c1)Sc1cc3[nH]c4ccccc4c3cc1C21c2ccccc2-n2c3ccccc3c3cccc1c32. The van der Waals surface area contributed by atoms with E-state index in [9.17, 15) is 0 Å². The van der Waals surface area contributed by atoms with E-state index in [-0.39, 0.29) is 0 Å². The molecule has 2 nitrogen and oxygen atoms in total. The molecule has 0 saturated carbocycles. The maximum Gasteiger partial charge on any atom is 0.0764 e. The van der Waals surface area contributed by atoms with Crippen LogP contribution in [0.1, 0.15) is 22.3 Å². The van der Waals surface area contributed by atoms with Gasteiger partial charge in [0.25, 0.3) is 0 Å². The number of rotatable bonds is 0. The summed E-state index contributed by atoms with van der Waals surface area (Å²) in [7, 11) is 0. The van der Waals surface area contributed by atoms with Gasteiger partial charge < -0.3 is 9.55 Å². The summed E-state index contributed by atoms with van der Waals surface area (Å²) in [6.07, 6.45) is 0. The van der Waals surface area contributed by atoms with Crippen molar-refractivity contribution in [1.82, 2.24) is 9.55 Å². The molecule has 0 aliphatic carbocycles. The molecule has 3 heteroatoms. The van der Waals surface area contributed by atoms with Crippen molar-refractivity contribution >= 4 is 55.4 Å². The van der Waals surface area contributed by atoms with Crippen LogP contribution in [0.5, 0.6) is 0 Å². The van der Waals surface area contributed by atoms with Crippen LogP contribution in [0.4, 0.5) is 0 Å². The lowest BCUT2D eigenvalue weighted by Gasteiger charge is -2.45. The number of aromatic nitrogens is 2. The Morgan fingerprint density at radius 2 is 1.23 bits per heavy atom. The van der Waals surface area contributed by atoms with Crippen LogP contribution in [0.2, 0.25) is 0 Å². The molecule has 10 rings (SSSR count). The summed E-state index contributed by atoms with van der Waals surface area (Å²) in [5, 5.41) is 5.17. The summed E-state index contributed by atoms with van der Waals surface area (Å²) in [6.45, 7) is 0. The van der Waals surface area contributed by atoms with Crippen LogP contribution in [-0.4, -0.2) is 9.55 Å². The fourth-order valence-corrected chi connectivity index (χ4v) is 8.88. The van der Waals surface area contributed by atoms with Gasteiger partial charge in [-0.2, -0.15) is 0 Å². The zero-order valence-corrected chi connectivity index (χ0v) is 22.3. The predicted octanol–water partition coefficient (Wildman–Crippen LogP) is 9.58. The van der Waals surface area contributed by atoms with E-state index in [2.05, 4.69) is 137 Å². The quantitative estimate of drug-likeness (QED) is 0.209. The molecule has 1 atom stereocenters. The molecule has 6 aromatic carbocycles. The second kappa shape index (κ2) is 7.26. The number of hydrogen-bond donors (Lipinski definition) is 1. The molecule has 2 aliphatic heterocycles. The van der Waals surface area contributed by atoms with Gasteiger partial charge in [-0.25, -0.2) is 0 Å². The third kappa shape index (κ3) is 2.36. The molecular weight excluding hydrogens is 504 g/mol. The molecule has 0 radical (unpaired) electrons. The second-order valence-corrected chi connectivity index (χ2v) is 12.1. The molecule has 4 heterocycles. The molecule has 1 N–H and O–H groups in total. The number of nitrogens with one attached hydrogen (secondary N) is 1. The number of para-hydroxylation sites is 4. The third-order valence-electron chi connectivity index (χ3n) is 9.17. The third-order valence-corrected chi connectivity index (χ3v) is 10.3. The van der Waals surface area contributed by atoms with Gasteiger partial charge in [0.05, 0.1) is 22.1 Å². The van der Waals surface area contributed by atoms with Crippen LogP contribution < -0.4 is 0 Å². The molecule has 0 saturated heterocycles. The van der Waals surface area contributed by atoms with Crippen molar-refractivity contribution < 1.29 is 0 Å². The van der Waals surface area contributed by atoms with E-state index in [0.29, 0.717) is 0 Å². The largest absolute Gasteiger partial charge is 0.354 e. The van der Waals surface area contributed by atoms with E-state index in [4.69, 9.17) is 0 Å². The minimum atomic E-state index is -0.440. The topological polar surface area (TPSA) is 20.7 Å². The molecule has 1 unspecified atom stereocenters. The minimum Gasteiger partial charge on any atom is -0.354 e. The van der Waals surface area contributed by atoms with E-state index in [1.165, 1.54) is 81.3 Å². The van der Waals surface area contributed by atoms with Gasteiger partial charge in [-0.15, -0.1) is 0 Å². The highest BCUT2D eigenvalue weighted by Gasteiger charge is 2.49. The number of fused-ring (bicyclic) bond motifs is 14. The lowest BCUT2D eigenvalue weighted by atomic mass is 9.62. The normalized spacial score (nSPS) is 17.0. The Hall–Kier alpha value is -4.73. The molecule has 2 aromatic heterocycles. The summed E-state index contributed by atoms with van der Waals surface area (Å²) >= 11 is 1.90. The highest BCUT2D eigenvalue weighted by atomic mass is 32.2. The molecular formula is C37H22N2S. The first-order valence-electron chi connectivity index (χ1n) is 13.8. The summed E-state index contributed by atoms with van der Waals surface area (Å²) in [5.74, 6) is 0. The Kier molecular flexibility index (Phi) is 3.84. The first-order valence-corrected chi connectivity index (χ1v) is 14.6. The summed E-state index contributed by atoms with van der Waals surface area (Å²) in [5.41, 5.74) is 11.2. The maximum atomic E-state index is 3.70. The molecule has 0 bridgehead atoms. The van der Waals surface area contributed by atoms with Gasteiger partial charge in [0.15, 0.2) is 0 Å². The number of nitrogens with zero attached hydrogens (tertiary/aromatic N) is 1. The second-order valence-electron chi connectivity index (χ2n) is 11.0. The Morgan fingerprint density at radius 3 is 2.17 bits per heavy atom. The van der Waals surface area contributed by atoms with E-state index in [1.807, 2.05) is 11.8 Å². The first kappa shape index (κ1) is 21.1. The van der Waals surface area contributed by atoms with Gasteiger partial charge in [-0.3, -0.25) is 0 Å². The zero-order chi connectivity index (χ0) is 26.0. The van der Waals surface area contributed by atoms with E-state index in [0.717, 1.165) is 0 Å². The molecule has 8 aromatic rings. The van der Waals surface area contributed by atoms with Crippen LogP contribution in [0, 0.1) is 0 Å². The van der Waals surface area contributed by atoms with Crippen LogP contribution in [0.25, 0.3) is 49.3 Å². The monoisotopic (exact) mass is 526 g/mol. The van der Waals surface area contributed by atoms with Gasteiger partial charge in [0, 0.05) is 42.4 Å². The average molecular weight is 527 g/mol. The van der Waals surface area contributed by atoms with Crippen molar-refractivity contribution in [2.24, 2.45) is 0 Å². The van der Waals surface area contributed by atoms with E-state index in [1.54, 1.807) is 0 Å². The smallest absolute Gasteiger partial charge is 0.0764 e. The van der Waals surface area contributed by atoms with E-state index >= 15 is 0 Å². The predicted molar refractivity (Wildman–Crippen MR) is 166 cm³/mol. The van der Waals surface area contributed by atoms with Crippen molar-refractivity contribution in [3.8, 4) is 5.69 Å². The zero-order valence-electron chi connectivity index (χ0n) is 21.5. The van der Waals surface area contributed by atoms with Gasteiger partial charge in [0.2, 0.25) is 0 Å². The molecule has 0 fully saturated rings. The fraction of sp³-hybridized carbons (Fsp3) is 0.0270. The summed E-state index contributed by atoms with van der Waals surface area (Å²) in [4.78, 5) is 6.33. The Balaban J connectivity index is 1.48. The van der Waals surface area contributed by atoms with Gasteiger partial charge in [-0.1, -0.05) is 103 Å². The fourth-order valence-electron chi connectivity index (χ4n) is 7.67. The van der Waals surface area contributed by atoms with Crippen LogP contribution >= 0.6 is 11.8 Å². The van der Waals surface area contributed by atoms with Crippen molar-refractivity contribution in [2.75, 3.05) is 0 Å². The van der Waals surface area contributed by atoms with Crippen molar-refractivity contribution in [3.05, 3.63) is 150 Å². The standard InChI is InChI=1S/C37H22N2S/c1-5-16-30-22(10-1)25-20-29-35(21-31(25)38-30)40-34-19-8-4-14-27(34)37(29)26-13-3-7-18-33(26)39-32-17-6-2-11-23(32)24-12-9-15-28(37)36(24)39/h1-21,38H. The maximum absolute atomic E-state index is 3.70. The van der Waals surface area contributed by atoms with Gasteiger partial charge in [0.1, 0.15) is 0 Å². The lowest BCUT2D eigenvalue weighted by Crippen LogP contribution is -2.37. The average Bonchev–Trinajstić information content (AvgIpc) is 3.54. The Morgan fingerprint density at radius 1 is 0.500 bits per heavy atom. The lowest BCUT2D eigenvalue weighted by molar-refractivity contribution is 0.691. The first-order chi connectivity index (χ1) is 19.8. The number of hydrogen-bond acceptors (Lipinski definition) is 1. The van der Waals surface area contributed by atoms with Gasteiger partial charge in [-0.05, 0) is 58.7 Å². The highest BCUT2D eigenvalue weighted by molar-refractivity contribution is 7.99. The molecule has 186 valence electrons.